The first-order valence-electron chi connectivity index (χ1n) is 4.64. The van der Waals surface area contributed by atoms with Crippen molar-refractivity contribution in [1.82, 2.24) is 9.03 Å². The molecular weight excluding hydrogens is 216 g/mol. The molecule has 0 aliphatic carbocycles. The standard InChI is InChI=1S/C9H16N2O3S/c1-8(7-9-5-4-6-14-9)10-15(12,13)11(2)3/h4-6,8,10H,7H2,1-3H3. The fraction of sp³-hybridized carbons (Fsp3) is 0.556. The molecule has 5 nitrogen and oxygen atoms in total. The van der Waals surface area contributed by atoms with Crippen LogP contribution < -0.4 is 4.72 Å². The molecule has 0 aliphatic heterocycles. The number of nitrogens with zero attached hydrogens (tertiary/aromatic N) is 1. The molecule has 0 radical (unpaired) electrons. The molecule has 1 unspecified atom stereocenters. The third kappa shape index (κ3) is 3.65. The Labute approximate surface area is 90.3 Å². The average molecular weight is 232 g/mol. The Morgan fingerprint density at radius 3 is 2.67 bits per heavy atom. The fourth-order valence-electron chi connectivity index (χ4n) is 1.13. The van der Waals surface area contributed by atoms with Gasteiger partial charge in [0.05, 0.1) is 6.26 Å². The van der Waals surface area contributed by atoms with Crippen LogP contribution >= 0.6 is 0 Å². The lowest BCUT2D eigenvalue weighted by Gasteiger charge is -2.16. The Kier molecular flexibility index (Phi) is 3.90. The molecule has 0 bridgehead atoms. The number of rotatable bonds is 5. The molecular formula is C9H16N2O3S. The molecule has 6 heteroatoms. The predicted molar refractivity (Wildman–Crippen MR) is 57.6 cm³/mol. The molecule has 15 heavy (non-hydrogen) atoms. The van der Waals surface area contributed by atoms with Gasteiger partial charge in [0.2, 0.25) is 0 Å². The van der Waals surface area contributed by atoms with E-state index in [1.807, 2.05) is 6.07 Å². The van der Waals surface area contributed by atoms with E-state index in [0.29, 0.717) is 6.42 Å². The van der Waals surface area contributed by atoms with Gasteiger partial charge >= 0.3 is 0 Å². The van der Waals surface area contributed by atoms with Gasteiger partial charge in [-0.2, -0.15) is 17.4 Å². The molecule has 1 rings (SSSR count). The Balaban J connectivity index is 2.53. The quantitative estimate of drug-likeness (QED) is 0.809. The summed E-state index contributed by atoms with van der Waals surface area (Å²) in [7, 11) is -0.383. The number of hydrogen-bond acceptors (Lipinski definition) is 3. The van der Waals surface area contributed by atoms with Gasteiger partial charge in [0.1, 0.15) is 5.76 Å². The first-order chi connectivity index (χ1) is 6.92. The number of nitrogens with one attached hydrogen (secondary N) is 1. The van der Waals surface area contributed by atoms with Gasteiger partial charge in [-0.3, -0.25) is 0 Å². The van der Waals surface area contributed by atoms with Gasteiger partial charge in [-0.05, 0) is 19.1 Å². The summed E-state index contributed by atoms with van der Waals surface area (Å²) in [5, 5.41) is 0. The molecule has 1 N–H and O–H groups in total. The van der Waals surface area contributed by atoms with E-state index >= 15 is 0 Å². The lowest BCUT2D eigenvalue weighted by Crippen LogP contribution is -2.41. The van der Waals surface area contributed by atoms with Crippen LogP contribution in [-0.2, 0) is 16.6 Å². The molecule has 1 atom stereocenters. The predicted octanol–water partition coefficient (Wildman–Crippen LogP) is 0.607. The molecule has 0 saturated heterocycles. The Morgan fingerprint density at radius 2 is 2.20 bits per heavy atom. The fourth-order valence-corrected chi connectivity index (χ4v) is 1.93. The highest BCUT2D eigenvalue weighted by Crippen LogP contribution is 2.05. The van der Waals surface area contributed by atoms with Gasteiger partial charge in [0, 0.05) is 26.6 Å². The largest absolute Gasteiger partial charge is 0.469 e. The van der Waals surface area contributed by atoms with Crippen LogP contribution in [-0.4, -0.2) is 32.9 Å². The van der Waals surface area contributed by atoms with Crippen molar-refractivity contribution in [1.29, 1.82) is 0 Å². The van der Waals surface area contributed by atoms with Gasteiger partial charge in [0.15, 0.2) is 0 Å². The Hall–Kier alpha value is -0.850. The zero-order valence-electron chi connectivity index (χ0n) is 9.10. The second-order valence-corrected chi connectivity index (χ2v) is 5.51. The Morgan fingerprint density at radius 1 is 1.53 bits per heavy atom. The average Bonchev–Trinajstić information content (AvgIpc) is 2.54. The summed E-state index contributed by atoms with van der Waals surface area (Å²) in [6, 6.07) is 3.41. The molecule has 0 aliphatic rings. The minimum atomic E-state index is -3.36. The molecule has 1 heterocycles. The van der Waals surface area contributed by atoms with E-state index in [4.69, 9.17) is 4.42 Å². The van der Waals surface area contributed by atoms with Crippen molar-refractivity contribution >= 4 is 10.2 Å². The highest BCUT2D eigenvalue weighted by Gasteiger charge is 2.17. The molecule has 1 aromatic heterocycles. The SMILES string of the molecule is CC(Cc1ccco1)NS(=O)(=O)N(C)C. The van der Waals surface area contributed by atoms with E-state index in [9.17, 15) is 8.42 Å². The van der Waals surface area contributed by atoms with Gasteiger partial charge < -0.3 is 4.42 Å². The lowest BCUT2D eigenvalue weighted by molar-refractivity contribution is 0.462. The first kappa shape index (κ1) is 12.2. The van der Waals surface area contributed by atoms with E-state index in [-0.39, 0.29) is 6.04 Å². The maximum absolute atomic E-state index is 11.5. The second-order valence-electron chi connectivity index (χ2n) is 3.59. The van der Waals surface area contributed by atoms with E-state index in [0.717, 1.165) is 10.1 Å². The van der Waals surface area contributed by atoms with Crippen LogP contribution in [0.4, 0.5) is 0 Å². The van der Waals surface area contributed by atoms with E-state index in [1.54, 1.807) is 19.3 Å². The van der Waals surface area contributed by atoms with Crippen LogP contribution in [0.25, 0.3) is 0 Å². The Bertz CT molecular complexity index is 383. The van der Waals surface area contributed by atoms with E-state index < -0.39 is 10.2 Å². The first-order valence-corrected chi connectivity index (χ1v) is 6.08. The van der Waals surface area contributed by atoms with E-state index in [2.05, 4.69) is 4.72 Å². The van der Waals surface area contributed by atoms with Crippen LogP contribution in [0, 0.1) is 0 Å². The maximum atomic E-state index is 11.5. The van der Waals surface area contributed by atoms with Crippen molar-refractivity contribution in [2.75, 3.05) is 14.1 Å². The summed E-state index contributed by atoms with van der Waals surface area (Å²) >= 11 is 0. The molecule has 0 spiro atoms. The van der Waals surface area contributed by atoms with Crippen molar-refractivity contribution < 1.29 is 12.8 Å². The van der Waals surface area contributed by atoms with Gasteiger partial charge in [-0.1, -0.05) is 0 Å². The van der Waals surface area contributed by atoms with Crippen molar-refractivity contribution in [3.8, 4) is 0 Å². The van der Waals surface area contributed by atoms with E-state index in [1.165, 1.54) is 14.1 Å². The van der Waals surface area contributed by atoms with Crippen LogP contribution in [0.3, 0.4) is 0 Å². The number of hydrogen-bond donors (Lipinski definition) is 1. The molecule has 0 fully saturated rings. The zero-order valence-corrected chi connectivity index (χ0v) is 9.91. The summed E-state index contributed by atoms with van der Waals surface area (Å²) in [6.07, 6.45) is 2.11. The van der Waals surface area contributed by atoms with Crippen LogP contribution in [0.1, 0.15) is 12.7 Å². The molecule has 86 valence electrons. The van der Waals surface area contributed by atoms with Crippen LogP contribution in [0.2, 0.25) is 0 Å². The summed E-state index contributed by atoms with van der Waals surface area (Å²) < 4.78 is 31.7. The zero-order chi connectivity index (χ0) is 11.5. The van der Waals surface area contributed by atoms with Gasteiger partial charge in [-0.25, -0.2) is 0 Å². The molecule has 0 saturated carbocycles. The summed E-state index contributed by atoms with van der Waals surface area (Å²) in [4.78, 5) is 0. The third-order valence-electron chi connectivity index (χ3n) is 1.92. The van der Waals surface area contributed by atoms with Crippen molar-refractivity contribution in [3.05, 3.63) is 24.2 Å². The van der Waals surface area contributed by atoms with Crippen LogP contribution in [0.5, 0.6) is 0 Å². The number of furan rings is 1. The minimum absolute atomic E-state index is 0.191. The molecule has 0 aromatic carbocycles. The van der Waals surface area contributed by atoms with Gasteiger partial charge in [-0.15, -0.1) is 0 Å². The maximum Gasteiger partial charge on any atom is 0.279 e. The summed E-state index contributed by atoms with van der Waals surface area (Å²) in [6.45, 7) is 1.80. The molecule has 1 aromatic rings. The normalized spacial score (nSPS) is 14.4. The third-order valence-corrected chi connectivity index (χ3v) is 3.58. The lowest BCUT2D eigenvalue weighted by atomic mass is 10.2. The van der Waals surface area contributed by atoms with Crippen molar-refractivity contribution in [2.45, 2.75) is 19.4 Å². The van der Waals surface area contributed by atoms with Crippen molar-refractivity contribution in [2.24, 2.45) is 0 Å². The topological polar surface area (TPSA) is 62.6 Å². The monoisotopic (exact) mass is 232 g/mol. The highest BCUT2D eigenvalue weighted by molar-refractivity contribution is 7.87. The summed E-state index contributed by atoms with van der Waals surface area (Å²) in [5.41, 5.74) is 0. The van der Waals surface area contributed by atoms with Crippen LogP contribution in [0.15, 0.2) is 22.8 Å². The smallest absolute Gasteiger partial charge is 0.279 e. The molecule has 0 amide bonds. The van der Waals surface area contributed by atoms with Crippen molar-refractivity contribution in [3.63, 3.8) is 0 Å². The minimum Gasteiger partial charge on any atom is -0.469 e. The second kappa shape index (κ2) is 4.78. The highest BCUT2D eigenvalue weighted by atomic mass is 32.2. The van der Waals surface area contributed by atoms with Gasteiger partial charge in [0.25, 0.3) is 10.2 Å². The summed E-state index contributed by atoms with van der Waals surface area (Å²) in [5.74, 6) is 0.768.